The summed E-state index contributed by atoms with van der Waals surface area (Å²) >= 11 is 0. The number of hydrogen-bond donors (Lipinski definition) is 2. The molecule has 0 aliphatic heterocycles. The van der Waals surface area contributed by atoms with E-state index in [0.29, 0.717) is 5.52 Å². The summed E-state index contributed by atoms with van der Waals surface area (Å²) in [6, 6.07) is 8.18. The van der Waals surface area contributed by atoms with Crippen LogP contribution in [0.1, 0.15) is 0 Å². The Labute approximate surface area is 85.1 Å². The van der Waals surface area contributed by atoms with Crippen molar-refractivity contribution < 1.29 is 14.6 Å². The van der Waals surface area contributed by atoms with Crippen LogP contribution in [-0.4, -0.2) is 16.2 Å². The van der Waals surface area contributed by atoms with E-state index in [1.165, 1.54) is 12.1 Å². The highest BCUT2D eigenvalue weighted by atomic mass is 16.6. The largest absolute Gasteiger partial charge is 0.506 e. The van der Waals surface area contributed by atoms with E-state index in [4.69, 9.17) is 5.73 Å². The average molecular weight is 204 g/mol. The van der Waals surface area contributed by atoms with E-state index >= 15 is 0 Å². The molecule has 2 rings (SSSR count). The van der Waals surface area contributed by atoms with Gasteiger partial charge in [0, 0.05) is 11.5 Å². The molecule has 1 heterocycles. The molecular weight excluding hydrogens is 196 g/mol. The van der Waals surface area contributed by atoms with E-state index < -0.39 is 6.09 Å². The number of rotatable bonds is 1. The van der Waals surface area contributed by atoms with Crippen LogP contribution in [0.5, 0.6) is 11.6 Å². The molecule has 0 atom stereocenters. The normalized spacial score (nSPS) is 10.1. The van der Waals surface area contributed by atoms with Crippen molar-refractivity contribution in [2.45, 2.75) is 0 Å². The Morgan fingerprint density at radius 1 is 1.33 bits per heavy atom. The lowest BCUT2D eigenvalue weighted by Crippen LogP contribution is -2.16. The highest BCUT2D eigenvalue weighted by Crippen LogP contribution is 2.24. The molecule has 0 spiro atoms. The fraction of sp³-hybridized carbons (Fsp3) is 0. The van der Waals surface area contributed by atoms with Gasteiger partial charge in [0.1, 0.15) is 11.3 Å². The fourth-order valence-electron chi connectivity index (χ4n) is 1.27. The van der Waals surface area contributed by atoms with Crippen molar-refractivity contribution in [3.8, 4) is 11.6 Å². The number of phenolic OH excluding ortho intramolecular Hbond substituents is 1. The third-order valence-electron chi connectivity index (χ3n) is 1.88. The van der Waals surface area contributed by atoms with Crippen LogP contribution in [0.2, 0.25) is 0 Å². The van der Waals surface area contributed by atoms with Gasteiger partial charge in [-0.3, -0.25) is 0 Å². The number of carbonyl (C=O) groups is 1. The summed E-state index contributed by atoms with van der Waals surface area (Å²) < 4.78 is 4.59. The van der Waals surface area contributed by atoms with Gasteiger partial charge in [0.25, 0.3) is 0 Å². The summed E-state index contributed by atoms with van der Waals surface area (Å²) in [4.78, 5) is 14.4. The Hall–Kier alpha value is -2.30. The topological polar surface area (TPSA) is 85.4 Å². The molecule has 0 aliphatic rings. The molecule has 1 aromatic carbocycles. The van der Waals surface area contributed by atoms with E-state index in [1.54, 1.807) is 18.2 Å². The van der Waals surface area contributed by atoms with Crippen LogP contribution in [0.3, 0.4) is 0 Å². The molecule has 1 aromatic heterocycles. The van der Waals surface area contributed by atoms with Gasteiger partial charge in [-0.05, 0) is 12.1 Å². The number of fused-ring (bicyclic) bond motifs is 1. The SMILES string of the molecule is NC(=O)Oc1ccc2cccc(O)c2n1. The van der Waals surface area contributed by atoms with E-state index in [0.717, 1.165) is 5.39 Å². The number of amides is 1. The smallest absolute Gasteiger partial charge is 0.411 e. The summed E-state index contributed by atoms with van der Waals surface area (Å²) in [5.74, 6) is 0.0962. The number of aromatic hydroxyl groups is 1. The van der Waals surface area contributed by atoms with Crippen molar-refractivity contribution in [1.29, 1.82) is 0 Å². The van der Waals surface area contributed by atoms with E-state index in [1.807, 2.05) is 0 Å². The monoisotopic (exact) mass is 204 g/mol. The molecule has 1 amide bonds. The summed E-state index contributed by atoms with van der Waals surface area (Å²) in [5, 5.41) is 10.3. The molecule has 0 aliphatic carbocycles. The van der Waals surface area contributed by atoms with E-state index in [2.05, 4.69) is 9.72 Å². The second kappa shape index (κ2) is 3.45. The molecule has 0 saturated carbocycles. The van der Waals surface area contributed by atoms with E-state index in [9.17, 15) is 9.90 Å². The molecule has 5 nitrogen and oxygen atoms in total. The highest BCUT2D eigenvalue weighted by molar-refractivity contribution is 5.84. The highest BCUT2D eigenvalue weighted by Gasteiger charge is 2.04. The number of benzene rings is 1. The van der Waals surface area contributed by atoms with Crippen LogP contribution in [0.4, 0.5) is 4.79 Å². The summed E-state index contributed by atoms with van der Waals surface area (Å²) in [6.45, 7) is 0. The molecule has 0 unspecified atom stereocenters. The first kappa shape index (κ1) is 9.26. The van der Waals surface area contributed by atoms with Crippen molar-refractivity contribution >= 4 is 17.0 Å². The molecule has 0 radical (unpaired) electrons. The maximum absolute atomic E-state index is 10.5. The molecule has 0 bridgehead atoms. The predicted octanol–water partition coefficient (Wildman–Crippen LogP) is 1.40. The van der Waals surface area contributed by atoms with Crippen LogP contribution < -0.4 is 10.5 Å². The second-order valence-corrected chi connectivity index (χ2v) is 2.92. The molecule has 5 heteroatoms. The zero-order chi connectivity index (χ0) is 10.8. The maximum Gasteiger partial charge on any atom is 0.411 e. The molecule has 76 valence electrons. The van der Waals surface area contributed by atoms with Gasteiger partial charge in [-0.1, -0.05) is 12.1 Å². The van der Waals surface area contributed by atoms with Crippen LogP contribution in [0, 0.1) is 0 Å². The van der Waals surface area contributed by atoms with Gasteiger partial charge in [-0.2, -0.15) is 0 Å². The lowest BCUT2D eigenvalue weighted by atomic mass is 10.2. The molecule has 3 N–H and O–H groups in total. The number of aromatic nitrogens is 1. The third-order valence-corrected chi connectivity index (χ3v) is 1.88. The number of primary amides is 1. The van der Waals surface area contributed by atoms with Crippen LogP contribution >= 0.6 is 0 Å². The predicted molar refractivity (Wildman–Crippen MR) is 53.6 cm³/mol. The van der Waals surface area contributed by atoms with Gasteiger partial charge in [-0.25, -0.2) is 9.78 Å². The number of ether oxygens (including phenoxy) is 1. The fourth-order valence-corrected chi connectivity index (χ4v) is 1.27. The quantitative estimate of drug-likeness (QED) is 0.735. The number of phenols is 1. The molecule has 2 aromatic rings. The molecule has 0 saturated heterocycles. The zero-order valence-corrected chi connectivity index (χ0v) is 7.68. The number of pyridine rings is 1. The van der Waals surface area contributed by atoms with Crippen LogP contribution in [0.25, 0.3) is 10.9 Å². The lowest BCUT2D eigenvalue weighted by molar-refractivity contribution is 0.209. The Balaban J connectivity index is 2.54. The number of hydrogen-bond acceptors (Lipinski definition) is 4. The Kier molecular flexibility index (Phi) is 2.13. The minimum Gasteiger partial charge on any atom is -0.506 e. The average Bonchev–Trinajstić information content (AvgIpc) is 2.18. The standard InChI is InChI=1S/C10H8N2O3/c11-10(14)15-8-5-4-6-2-1-3-7(13)9(6)12-8/h1-5,13H,(H2,11,14). The number of para-hydroxylation sites is 1. The second-order valence-electron chi connectivity index (χ2n) is 2.92. The van der Waals surface area contributed by atoms with Gasteiger partial charge in [-0.15, -0.1) is 0 Å². The lowest BCUT2D eigenvalue weighted by Gasteiger charge is -2.02. The summed E-state index contributed by atoms with van der Waals surface area (Å²) in [5.41, 5.74) is 5.21. The first-order valence-corrected chi connectivity index (χ1v) is 4.23. The van der Waals surface area contributed by atoms with Crippen LogP contribution in [0.15, 0.2) is 30.3 Å². The number of nitrogens with two attached hydrogens (primary N) is 1. The van der Waals surface area contributed by atoms with Gasteiger partial charge >= 0.3 is 6.09 Å². The van der Waals surface area contributed by atoms with Gasteiger partial charge in [0.15, 0.2) is 0 Å². The number of carbonyl (C=O) groups excluding carboxylic acids is 1. The van der Waals surface area contributed by atoms with Crippen molar-refractivity contribution in [3.05, 3.63) is 30.3 Å². The van der Waals surface area contributed by atoms with Crippen molar-refractivity contribution in [2.24, 2.45) is 5.73 Å². The van der Waals surface area contributed by atoms with Crippen molar-refractivity contribution in [3.63, 3.8) is 0 Å². The van der Waals surface area contributed by atoms with Gasteiger partial charge in [0.05, 0.1) is 0 Å². The molecular formula is C10H8N2O3. The number of nitrogens with zero attached hydrogens (tertiary/aromatic N) is 1. The third kappa shape index (κ3) is 1.80. The Bertz CT molecular complexity index is 525. The maximum atomic E-state index is 10.5. The zero-order valence-electron chi connectivity index (χ0n) is 7.68. The van der Waals surface area contributed by atoms with E-state index in [-0.39, 0.29) is 11.6 Å². The van der Waals surface area contributed by atoms with Crippen LogP contribution in [-0.2, 0) is 0 Å². The van der Waals surface area contributed by atoms with Gasteiger partial charge < -0.3 is 15.6 Å². The summed E-state index contributed by atoms with van der Waals surface area (Å²) in [6.07, 6.45) is -0.933. The minimum absolute atomic E-state index is 0.0300. The van der Waals surface area contributed by atoms with Gasteiger partial charge in [0.2, 0.25) is 5.88 Å². The van der Waals surface area contributed by atoms with Crippen molar-refractivity contribution in [1.82, 2.24) is 4.98 Å². The minimum atomic E-state index is -0.933. The van der Waals surface area contributed by atoms with Crippen molar-refractivity contribution in [2.75, 3.05) is 0 Å². The first-order chi connectivity index (χ1) is 7.16. The first-order valence-electron chi connectivity index (χ1n) is 4.23. The Morgan fingerprint density at radius 2 is 2.13 bits per heavy atom. The molecule has 0 fully saturated rings. The Morgan fingerprint density at radius 3 is 2.87 bits per heavy atom. The molecule has 15 heavy (non-hydrogen) atoms. The summed E-state index contributed by atoms with van der Waals surface area (Å²) in [7, 11) is 0.